The summed E-state index contributed by atoms with van der Waals surface area (Å²) in [5, 5.41) is 7.02. The van der Waals surface area contributed by atoms with E-state index >= 15 is 0 Å². The monoisotopic (exact) mass is 296 g/mol. The molecule has 0 saturated heterocycles. The summed E-state index contributed by atoms with van der Waals surface area (Å²) in [6.07, 6.45) is -0.334. The highest BCUT2D eigenvalue weighted by atomic mass is 19.3. The van der Waals surface area contributed by atoms with Gasteiger partial charge in [-0.3, -0.25) is 4.68 Å². The van der Waals surface area contributed by atoms with E-state index in [1.165, 1.54) is 6.07 Å². The molecule has 0 aliphatic heterocycles. The highest BCUT2D eigenvalue weighted by Crippen LogP contribution is 2.26. The molecule has 2 heterocycles. The molecule has 0 atom stereocenters. The van der Waals surface area contributed by atoms with Gasteiger partial charge in [0.15, 0.2) is 0 Å². The van der Waals surface area contributed by atoms with Gasteiger partial charge in [-0.15, -0.1) is 0 Å². The van der Waals surface area contributed by atoms with Crippen molar-refractivity contribution in [3.8, 4) is 11.3 Å². The average molecular weight is 296 g/mol. The number of aromatic nitrogens is 4. The normalized spacial score (nSPS) is 11.1. The van der Waals surface area contributed by atoms with E-state index in [2.05, 4.69) is 20.4 Å². The van der Waals surface area contributed by atoms with Crippen LogP contribution in [0.5, 0.6) is 0 Å². The second kappa shape index (κ2) is 6.57. The van der Waals surface area contributed by atoms with Crippen LogP contribution in [0.25, 0.3) is 11.3 Å². The molecule has 3 N–H and O–H groups in total. The number of hydrogen-bond acceptors (Lipinski definition) is 5. The van der Waals surface area contributed by atoms with Crippen LogP contribution in [0.4, 0.5) is 14.7 Å². The van der Waals surface area contributed by atoms with Crippen molar-refractivity contribution in [1.82, 2.24) is 19.7 Å². The molecule has 6 nitrogen and oxygen atoms in total. The fourth-order valence-corrected chi connectivity index (χ4v) is 1.85. The van der Waals surface area contributed by atoms with Gasteiger partial charge in [-0.2, -0.15) is 5.10 Å². The van der Waals surface area contributed by atoms with Gasteiger partial charge in [0.2, 0.25) is 5.95 Å². The van der Waals surface area contributed by atoms with Gasteiger partial charge in [-0.25, -0.2) is 18.7 Å². The Kier molecular flexibility index (Phi) is 4.79. The first-order valence-corrected chi connectivity index (χ1v) is 6.63. The van der Waals surface area contributed by atoms with E-state index in [9.17, 15) is 8.78 Å². The molecule has 21 heavy (non-hydrogen) atoms. The Morgan fingerprint density at radius 1 is 1.38 bits per heavy atom. The Morgan fingerprint density at radius 3 is 2.71 bits per heavy atom. The molecular weight excluding hydrogens is 278 g/mol. The molecule has 0 bridgehead atoms. The predicted molar refractivity (Wildman–Crippen MR) is 76.1 cm³/mol. The first kappa shape index (κ1) is 15.3. The third kappa shape index (κ3) is 3.52. The molecule has 0 aromatic carbocycles. The Labute approximate surface area is 121 Å². The maximum absolute atomic E-state index is 13.0. The minimum atomic E-state index is -2.65. The van der Waals surface area contributed by atoms with Crippen molar-refractivity contribution in [2.75, 3.05) is 18.4 Å². The molecule has 8 heteroatoms. The van der Waals surface area contributed by atoms with Crippen LogP contribution in [0.1, 0.15) is 24.2 Å². The van der Waals surface area contributed by atoms with Gasteiger partial charge in [-0.05, 0) is 26.0 Å². The van der Waals surface area contributed by atoms with Gasteiger partial charge in [0.25, 0.3) is 6.43 Å². The molecule has 0 radical (unpaired) electrons. The summed E-state index contributed by atoms with van der Waals surface area (Å²) in [6, 6.07) is 1.29. The quantitative estimate of drug-likeness (QED) is 0.795. The summed E-state index contributed by atoms with van der Waals surface area (Å²) in [5.74, 6) is 0.180. The lowest BCUT2D eigenvalue weighted by Crippen LogP contribution is -2.11. The molecular formula is C13H18F2N6. The number of anilines is 1. The number of nitrogens with two attached hydrogens (primary N) is 1. The molecule has 0 spiro atoms. The Hall–Kier alpha value is -2.09. The third-order valence-corrected chi connectivity index (χ3v) is 3.14. The second-order valence-corrected chi connectivity index (χ2v) is 4.64. The van der Waals surface area contributed by atoms with E-state index in [1.807, 2.05) is 6.92 Å². The van der Waals surface area contributed by atoms with Gasteiger partial charge in [0.05, 0.1) is 11.9 Å². The van der Waals surface area contributed by atoms with E-state index in [4.69, 9.17) is 5.73 Å². The maximum Gasteiger partial charge on any atom is 0.280 e. The fourth-order valence-electron chi connectivity index (χ4n) is 1.85. The summed E-state index contributed by atoms with van der Waals surface area (Å²) in [7, 11) is 1.79. The van der Waals surface area contributed by atoms with Gasteiger partial charge in [0.1, 0.15) is 5.69 Å². The van der Waals surface area contributed by atoms with Crippen LogP contribution in [0.2, 0.25) is 0 Å². The molecule has 0 fully saturated rings. The van der Waals surface area contributed by atoms with Crippen LogP contribution in [0, 0.1) is 6.92 Å². The van der Waals surface area contributed by atoms with Crippen LogP contribution in [-0.4, -0.2) is 32.8 Å². The van der Waals surface area contributed by atoms with Crippen LogP contribution in [0.3, 0.4) is 0 Å². The number of aryl methyl sites for hydroxylation is 1. The zero-order valence-corrected chi connectivity index (χ0v) is 12.0. The number of halogens is 2. The standard InChI is InChI=1S/C13H18F2N6/c1-8-9(7-18-21(8)2)10-6-11(12(14)15)20-13(19-10)17-5-3-4-16/h6-7,12H,3-5,16H2,1-2H3,(H,17,19,20). The Morgan fingerprint density at radius 2 is 2.14 bits per heavy atom. The number of nitrogens with zero attached hydrogens (tertiary/aromatic N) is 4. The molecule has 2 rings (SSSR count). The largest absolute Gasteiger partial charge is 0.354 e. The van der Waals surface area contributed by atoms with E-state index in [1.54, 1.807) is 17.9 Å². The van der Waals surface area contributed by atoms with Crippen molar-refractivity contribution in [3.63, 3.8) is 0 Å². The molecule has 0 aliphatic carbocycles. The highest BCUT2D eigenvalue weighted by molar-refractivity contribution is 5.62. The van der Waals surface area contributed by atoms with E-state index < -0.39 is 6.43 Å². The van der Waals surface area contributed by atoms with Crippen LogP contribution in [-0.2, 0) is 7.05 Å². The average Bonchev–Trinajstić information content (AvgIpc) is 2.79. The first-order chi connectivity index (χ1) is 10.0. The smallest absolute Gasteiger partial charge is 0.280 e. The zero-order chi connectivity index (χ0) is 15.4. The SMILES string of the molecule is Cc1c(-c2cc(C(F)F)nc(NCCCN)n2)cnn1C. The van der Waals surface area contributed by atoms with E-state index in [0.29, 0.717) is 30.8 Å². The van der Waals surface area contributed by atoms with Crippen LogP contribution < -0.4 is 11.1 Å². The number of nitrogens with one attached hydrogen (secondary N) is 1. The fraction of sp³-hybridized carbons (Fsp3) is 0.462. The summed E-state index contributed by atoms with van der Waals surface area (Å²) in [4.78, 5) is 8.11. The Bertz CT molecular complexity index is 611. The molecule has 2 aromatic heterocycles. The lowest BCUT2D eigenvalue weighted by Gasteiger charge is -2.09. The summed E-state index contributed by atoms with van der Waals surface area (Å²) < 4.78 is 27.6. The van der Waals surface area contributed by atoms with Crippen molar-refractivity contribution in [2.45, 2.75) is 19.8 Å². The van der Waals surface area contributed by atoms with Crippen LogP contribution in [0.15, 0.2) is 12.3 Å². The molecule has 114 valence electrons. The lowest BCUT2D eigenvalue weighted by molar-refractivity contribution is 0.146. The molecule has 0 amide bonds. The molecule has 0 saturated carbocycles. The number of rotatable bonds is 6. The third-order valence-electron chi connectivity index (χ3n) is 3.14. The Balaban J connectivity index is 2.38. The molecule has 0 aliphatic rings. The summed E-state index contributed by atoms with van der Waals surface area (Å²) in [6.45, 7) is 2.90. The first-order valence-electron chi connectivity index (χ1n) is 6.63. The number of hydrogen-bond donors (Lipinski definition) is 2. The number of alkyl halides is 2. The van der Waals surface area contributed by atoms with Crippen molar-refractivity contribution < 1.29 is 8.78 Å². The maximum atomic E-state index is 13.0. The minimum absolute atomic E-state index is 0.180. The lowest BCUT2D eigenvalue weighted by atomic mass is 10.1. The van der Waals surface area contributed by atoms with E-state index in [0.717, 1.165) is 5.69 Å². The van der Waals surface area contributed by atoms with Crippen molar-refractivity contribution in [3.05, 3.63) is 23.7 Å². The topological polar surface area (TPSA) is 81.7 Å². The highest BCUT2D eigenvalue weighted by Gasteiger charge is 2.16. The second-order valence-electron chi connectivity index (χ2n) is 4.64. The molecule has 2 aromatic rings. The zero-order valence-electron chi connectivity index (χ0n) is 12.0. The van der Waals surface area contributed by atoms with Gasteiger partial charge < -0.3 is 11.1 Å². The van der Waals surface area contributed by atoms with Crippen molar-refractivity contribution in [2.24, 2.45) is 12.8 Å². The summed E-state index contributed by atoms with van der Waals surface area (Å²) >= 11 is 0. The molecule has 0 unspecified atom stereocenters. The van der Waals surface area contributed by atoms with Gasteiger partial charge >= 0.3 is 0 Å². The van der Waals surface area contributed by atoms with Crippen LogP contribution >= 0.6 is 0 Å². The van der Waals surface area contributed by atoms with Gasteiger partial charge in [-0.1, -0.05) is 0 Å². The van der Waals surface area contributed by atoms with Crippen molar-refractivity contribution >= 4 is 5.95 Å². The summed E-state index contributed by atoms with van der Waals surface area (Å²) in [5.41, 5.74) is 7.09. The van der Waals surface area contributed by atoms with E-state index in [-0.39, 0.29) is 11.6 Å². The predicted octanol–water partition coefficient (Wildman–Crippen LogP) is 1.88. The minimum Gasteiger partial charge on any atom is -0.354 e. The van der Waals surface area contributed by atoms with Gasteiger partial charge in [0, 0.05) is 24.8 Å². The van der Waals surface area contributed by atoms with Crippen molar-refractivity contribution in [1.29, 1.82) is 0 Å².